The van der Waals surface area contributed by atoms with Crippen LogP contribution < -0.4 is 5.32 Å². The lowest BCUT2D eigenvalue weighted by Crippen LogP contribution is -2.02. The van der Waals surface area contributed by atoms with E-state index in [4.69, 9.17) is 23.2 Å². The zero-order valence-corrected chi connectivity index (χ0v) is 9.78. The van der Waals surface area contributed by atoms with Gasteiger partial charge in [0.15, 0.2) is 0 Å². The van der Waals surface area contributed by atoms with E-state index in [2.05, 4.69) is 5.32 Å². The average molecular weight is 230 g/mol. The molecule has 1 rings (SSSR count). The zero-order chi connectivity index (χ0) is 10.6. The van der Waals surface area contributed by atoms with Crippen molar-refractivity contribution in [3.63, 3.8) is 0 Å². The summed E-state index contributed by atoms with van der Waals surface area (Å²) in [4.78, 5) is 0. The van der Waals surface area contributed by atoms with Crippen LogP contribution in [0.1, 0.15) is 12.5 Å². The Morgan fingerprint density at radius 1 is 1.50 bits per heavy atom. The Morgan fingerprint density at radius 2 is 2.21 bits per heavy atom. The number of nitrogens with one attached hydrogen (secondary N) is 1. The van der Waals surface area contributed by atoms with Crippen molar-refractivity contribution in [2.75, 3.05) is 11.9 Å². The zero-order valence-electron chi connectivity index (χ0n) is 8.27. The van der Waals surface area contributed by atoms with Crippen LogP contribution in [0.15, 0.2) is 29.3 Å². The first-order valence-corrected chi connectivity index (χ1v) is 5.21. The standard InChI is InChI=1S/C11H13Cl2N/c1-8(6-12)7-14-10-4-3-9(2)11(13)5-10/h3-6,14H,7H2,1-2H3/b8-6-. The minimum absolute atomic E-state index is 0.739. The van der Waals surface area contributed by atoms with Crippen LogP contribution >= 0.6 is 23.2 Å². The van der Waals surface area contributed by atoms with Crippen LogP contribution in [0.4, 0.5) is 5.69 Å². The van der Waals surface area contributed by atoms with Gasteiger partial charge in [-0.3, -0.25) is 0 Å². The molecule has 0 atom stereocenters. The SMILES string of the molecule is C/C(=C/Cl)CNc1ccc(C)c(Cl)c1. The molecule has 0 heterocycles. The van der Waals surface area contributed by atoms with E-state index in [9.17, 15) is 0 Å². The fourth-order valence-electron chi connectivity index (χ4n) is 0.983. The Balaban J connectivity index is 2.64. The molecule has 0 saturated heterocycles. The van der Waals surface area contributed by atoms with Gasteiger partial charge in [0.25, 0.3) is 0 Å². The van der Waals surface area contributed by atoms with E-state index >= 15 is 0 Å². The summed E-state index contributed by atoms with van der Waals surface area (Å²) in [5, 5.41) is 4.01. The third-order valence-electron chi connectivity index (χ3n) is 1.93. The number of halogens is 2. The van der Waals surface area contributed by atoms with E-state index in [1.165, 1.54) is 0 Å². The van der Waals surface area contributed by atoms with Gasteiger partial charge in [-0.05, 0) is 37.1 Å². The lowest BCUT2D eigenvalue weighted by molar-refractivity contribution is 1.21. The topological polar surface area (TPSA) is 12.0 Å². The fraction of sp³-hybridized carbons (Fsp3) is 0.273. The Bertz CT molecular complexity index is 345. The first-order valence-electron chi connectivity index (χ1n) is 4.39. The van der Waals surface area contributed by atoms with Gasteiger partial charge in [-0.15, -0.1) is 0 Å². The monoisotopic (exact) mass is 229 g/mol. The molecule has 0 aliphatic carbocycles. The molecule has 76 valence electrons. The highest BCUT2D eigenvalue weighted by Gasteiger charge is 1.97. The van der Waals surface area contributed by atoms with Gasteiger partial charge in [0.1, 0.15) is 0 Å². The summed E-state index contributed by atoms with van der Waals surface area (Å²) in [5.41, 5.74) is 4.76. The summed E-state index contributed by atoms with van der Waals surface area (Å²) in [6.07, 6.45) is 0. The van der Waals surface area contributed by atoms with E-state index < -0.39 is 0 Å². The van der Waals surface area contributed by atoms with Crippen LogP contribution in [0.2, 0.25) is 5.02 Å². The van der Waals surface area contributed by atoms with E-state index in [-0.39, 0.29) is 0 Å². The van der Waals surface area contributed by atoms with Crippen molar-refractivity contribution in [2.45, 2.75) is 13.8 Å². The van der Waals surface area contributed by atoms with Crippen LogP contribution in [-0.4, -0.2) is 6.54 Å². The highest BCUT2D eigenvalue weighted by Crippen LogP contribution is 2.19. The molecule has 0 aromatic heterocycles. The van der Waals surface area contributed by atoms with Gasteiger partial charge in [-0.25, -0.2) is 0 Å². The van der Waals surface area contributed by atoms with Crippen molar-refractivity contribution in [3.8, 4) is 0 Å². The summed E-state index contributed by atoms with van der Waals surface area (Å²) in [6, 6.07) is 5.91. The van der Waals surface area contributed by atoms with Crippen molar-refractivity contribution in [1.82, 2.24) is 0 Å². The molecule has 0 spiro atoms. The maximum atomic E-state index is 5.98. The first-order chi connectivity index (χ1) is 6.63. The van der Waals surface area contributed by atoms with Crippen molar-refractivity contribution in [1.29, 1.82) is 0 Å². The molecule has 1 N–H and O–H groups in total. The number of hydrogen-bond donors (Lipinski definition) is 1. The molecule has 0 aliphatic heterocycles. The normalized spacial score (nSPS) is 11.6. The van der Waals surface area contributed by atoms with E-state index in [0.29, 0.717) is 0 Å². The summed E-state index contributed by atoms with van der Waals surface area (Å²) >= 11 is 11.5. The average Bonchev–Trinajstić information content (AvgIpc) is 2.19. The molecule has 1 aromatic carbocycles. The summed E-state index contributed by atoms with van der Waals surface area (Å²) in [6.45, 7) is 4.69. The second-order valence-electron chi connectivity index (χ2n) is 3.27. The third kappa shape index (κ3) is 3.24. The van der Waals surface area contributed by atoms with Gasteiger partial charge >= 0.3 is 0 Å². The van der Waals surface area contributed by atoms with Crippen LogP contribution in [0.3, 0.4) is 0 Å². The fourth-order valence-corrected chi connectivity index (χ4v) is 1.24. The van der Waals surface area contributed by atoms with Gasteiger partial charge in [-0.2, -0.15) is 0 Å². The number of aryl methyl sites for hydroxylation is 1. The van der Waals surface area contributed by atoms with Crippen molar-refractivity contribution < 1.29 is 0 Å². The van der Waals surface area contributed by atoms with E-state index in [1.807, 2.05) is 32.0 Å². The first kappa shape index (κ1) is 11.4. The number of hydrogen-bond acceptors (Lipinski definition) is 1. The third-order valence-corrected chi connectivity index (χ3v) is 2.71. The predicted molar refractivity (Wildman–Crippen MR) is 64.3 cm³/mol. The van der Waals surface area contributed by atoms with Crippen LogP contribution in [0.25, 0.3) is 0 Å². The molecule has 0 saturated carbocycles. The predicted octanol–water partition coefficient (Wildman–Crippen LogP) is 4.20. The number of benzene rings is 1. The Kier molecular flexibility index (Phi) is 4.30. The highest BCUT2D eigenvalue weighted by atomic mass is 35.5. The van der Waals surface area contributed by atoms with Crippen LogP contribution in [-0.2, 0) is 0 Å². The van der Waals surface area contributed by atoms with E-state index in [1.54, 1.807) is 5.54 Å². The van der Waals surface area contributed by atoms with Gasteiger partial charge in [0.2, 0.25) is 0 Å². The van der Waals surface area contributed by atoms with Crippen molar-refractivity contribution >= 4 is 28.9 Å². The molecule has 0 bridgehead atoms. The Labute approximate surface area is 94.7 Å². The Hall–Kier alpha value is -0.660. The van der Waals surface area contributed by atoms with Gasteiger partial charge in [0.05, 0.1) is 0 Å². The second kappa shape index (κ2) is 5.28. The largest absolute Gasteiger partial charge is 0.381 e. The number of rotatable bonds is 3. The quantitative estimate of drug-likeness (QED) is 0.820. The smallest absolute Gasteiger partial charge is 0.0455 e. The van der Waals surface area contributed by atoms with Crippen molar-refractivity contribution in [2.24, 2.45) is 0 Å². The molecule has 0 fully saturated rings. The second-order valence-corrected chi connectivity index (χ2v) is 3.90. The highest BCUT2D eigenvalue weighted by molar-refractivity contribution is 6.31. The molecule has 3 heteroatoms. The van der Waals surface area contributed by atoms with Gasteiger partial charge in [-0.1, -0.05) is 29.3 Å². The van der Waals surface area contributed by atoms with E-state index in [0.717, 1.165) is 28.4 Å². The molecule has 1 aromatic rings. The lowest BCUT2D eigenvalue weighted by atomic mass is 10.2. The van der Waals surface area contributed by atoms with Crippen molar-refractivity contribution in [3.05, 3.63) is 39.9 Å². The minimum Gasteiger partial charge on any atom is -0.381 e. The van der Waals surface area contributed by atoms with Gasteiger partial charge in [0, 0.05) is 22.8 Å². The minimum atomic E-state index is 0.739. The molecule has 0 amide bonds. The van der Waals surface area contributed by atoms with Crippen LogP contribution in [0, 0.1) is 6.92 Å². The Morgan fingerprint density at radius 3 is 2.79 bits per heavy atom. The summed E-state index contributed by atoms with van der Waals surface area (Å²) in [7, 11) is 0. The molecular weight excluding hydrogens is 217 g/mol. The molecular formula is C11H13Cl2N. The molecule has 0 unspecified atom stereocenters. The molecule has 1 nitrogen and oxygen atoms in total. The maximum absolute atomic E-state index is 5.98. The molecule has 0 aliphatic rings. The maximum Gasteiger partial charge on any atom is 0.0455 e. The van der Waals surface area contributed by atoms with Gasteiger partial charge < -0.3 is 5.32 Å². The lowest BCUT2D eigenvalue weighted by Gasteiger charge is -2.07. The number of anilines is 1. The molecule has 0 radical (unpaired) electrons. The van der Waals surface area contributed by atoms with Crippen LogP contribution in [0.5, 0.6) is 0 Å². The molecule has 14 heavy (non-hydrogen) atoms. The summed E-state index contributed by atoms with van der Waals surface area (Å²) in [5.74, 6) is 0. The summed E-state index contributed by atoms with van der Waals surface area (Å²) < 4.78 is 0.